The fourth-order valence-corrected chi connectivity index (χ4v) is 6.29. The average Bonchev–Trinajstić information content (AvgIpc) is 3.20. The molecule has 0 aliphatic carbocycles. The number of aromatic nitrogens is 2. The van der Waals surface area contributed by atoms with Crippen LogP contribution in [0.3, 0.4) is 0 Å². The van der Waals surface area contributed by atoms with E-state index in [1.165, 1.54) is 29.2 Å². The van der Waals surface area contributed by atoms with Crippen LogP contribution in [0.5, 0.6) is 0 Å². The molecule has 0 N–H and O–H groups in total. The molecule has 12 heteroatoms. The van der Waals surface area contributed by atoms with Crippen LogP contribution in [-0.4, -0.2) is 53.9 Å². The van der Waals surface area contributed by atoms with Gasteiger partial charge < -0.3 is 9.80 Å². The van der Waals surface area contributed by atoms with E-state index in [4.69, 9.17) is 0 Å². The quantitative estimate of drug-likeness (QED) is 0.373. The van der Waals surface area contributed by atoms with Crippen molar-refractivity contribution in [2.75, 3.05) is 31.1 Å². The first-order valence-electron chi connectivity index (χ1n) is 12.2. The topological polar surface area (TPSA) is 84.6 Å². The summed E-state index contributed by atoms with van der Waals surface area (Å²) in [6.45, 7) is 2.47. The van der Waals surface area contributed by atoms with Gasteiger partial charge in [-0.05, 0) is 55.0 Å². The number of imidazole rings is 1. The molecule has 2 heterocycles. The highest BCUT2D eigenvalue weighted by molar-refractivity contribution is 7.90. The Morgan fingerprint density at radius 1 is 0.872 bits per heavy atom. The van der Waals surface area contributed by atoms with Crippen LogP contribution in [0, 0.1) is 6.92 Å². The highest BCUT2D eigenvalue weighted by atomic mass is 32.2. The minimum Gasteiger partial charge on any atom is -0.368 e. The van der Waals surface area contributed by atoms with Crippen LogP contribution < -0.4 is 10.6 Å². The number of alkyl halides is 3. The number of hydrogen-bond acceptors (Lipinski definition) is 5. The summed E-state index contributed by atoms with van der Waals surface area (Å²) in [5, 5.41) is 0. The Hall–Kier alpha value is -4.06. The van der Waals surface area contributed by atoms with E-state index in [1.54, 1.807) is 48.2 Å². The number of para-hydroxylation sites is 2. The maximum atomic E-state index is 13.5. The molecule has 1 saturated heterocycles. The largest absolute Gasteiger partial charge is 0.416 e. The number of carbonyl (C=O) groups excluding carboxylic acids is 1. The Morgan fingerprint density at radius 3 is 2.21 bits per heavy atom. The molecular formula is C27H25F3N4O4S. The average molecular weight is 559 g/mol. The van der Waals surface area contributed by atoms with Crippen molar-refractivity contribution < 1.29 is 26.4 Å². The third-order valence-corrected chi connectivity index (χ3v) is 8.47. The number of aryl methyl sites for hydroxylation is 1. The van der Waals surface area contributed by atoms with Crippen LogP contribution in [0.2, 0.25) is 0 Å². The van der Waals surface area contributed by atoms with Gasteiger partial charge in [0.15, 0.2) is 0 Å². The summed E-state index contributed by atoms with van der Waals surface area (Å²) in [7, 11) is -4.24. The highest BCUT2D eigenvalue weighted by Crippen LogP contribution is 2.32. The van der Waals surface area contributed by atoms with Gasteiger partial charge in [0.1, 0.15) is 6.54 Å². The predicted octanol–water partition coefficient (Wildman–Crippen LogP) is 3.72. The van der Waals surface area contributed by atoms with E-state index < -0.39 is 33.4 Å². The fourth-order valence-electron chi connectivity index (χ4n) is 4.77. The first kappa shape index (κ1) is 26.5. The molecule has 204 valence electrons. The minimum atomic E-state index is -4.45. The van der Waals surface area contributed by atoms with Crippen LogP contribution >= 0.6 is 0 Å². The monoisotopic (exact) mass is 558 g/mol. The molecule has 0 saturated carbocycles. The van der Waals surface area contributed by atoms with Gasteiger partial charge in [0.25, 0.3) is 10.0 Å². The predicted molar refractivity (Wildman–Crippen MR) is 140 cm³/mol. The van der Waals surface area contributed by atoms with Gasteiger partial charge in [0.2, 0.25) is 5.91 Å². The Balaban J connectivity index is 1.38. The maximum Gasteiger partial charge on any atom is 0.416 e. The standard InChI is InChI=1S/C27H25F3N4O4S/c1-19-6-4-9-22(16-19)39(37,38)34-24-11-3-2-10-23(24)33(26(34)36)18-25(35)32-14-12-31(13-15-32)21-8-5-7-20(17-21)27(28,29)30/h2-11,16-17H,12-15,18H2,1H3. The van der Waals surface area contributed by atoms with Gasteiger partial charge in [0, 0.05) is 31.9 Å². The van der Waals surface area contributed by atoms with Gasteiger partial charge in [-0.3, -0.25) is 9.36 Å². The van der Waals surface area contributed by atoms with Crippen LogP contribution in [0.25, 0.3) is 11.0 Å². The Morgan fingerprint density at radius 2 is 1.54 bits per heavy atom. The molecule has 3 aromatic carbocycles. The van der Waals surface area contributed by atoms with Crippen molar-refractivity contribution in [1.82, 2.24) is 13.4 Å². The first-order chi connectivity index (χ1) is 18.5. The molecule has 5 rings (SSSR count). The zero-order valence-electron chi connectivity index (χ0n) is 20.9. The number of rotatable bonds is 5. The molecule has 1 aromatic heterocycles. The van der Waals surface area contributed by atoms with E-state index >= 15 is 0 Å². The third kappa shape index (κ3) is 5.03. The molecule has 8 nitrogen and oxygen atoms in total. The molecule has 1 fully saturated rings. The van der Waals surface area contributed by atoms with Crippen molar-refractivity contribution in [3.8, 4) is 0 Å². The van der Waals surface area contributed by atoms with Crippen molar-refractivity contribution in [3.05, 3.63) is 94.4 Å². The van der Waals surface area contributed by atoms with Gasteiger partial charge in [0.05, 0.1) is 21.5 Å². The molecule has 39 heavy (non-hydrogen) atoms. The number of amides is 1. The second-order valence-corrected chi connectivity index (χ2v) is 11.1. The number of fused-ring (bicyclic) bond motifs is 1. The van der Waals surface area contributed by atoms with Crippen LogP contribution in [0.15, 0.2) is 82.5 Å². The van der Waals surface area contributed by atoms with Crippen molar-refractivity contribution >= 4 is 32.7 Å². The zero-order chi connectivity index (χ0) is 27.9. The van der Waals surface area contributed by atoms with E-state index in [-0.39, 0.29) is 30.0 Å². The van der Waals surface area contributed by atoms with Gasteiger partial charge in [-0.25, -0.2) is 13.2 Å². The van der Waals surface area contributed by atoms with Gasteiger partial charge in [-0.1, -0.05) is 30.3 Å². The number of anilines is 1. The van der Waals surface area contributed by atoms with E-state index in [0.717, 1.165) is 20.7 Å². The van der Waals surface area contributed by atoms with E-state index in [1.807, 2.05) is 0 Å². The van der Waals surface area contributed by atoms with E-state index in [2.05, 4.69) is 0 Å². The Bertz CT molecular complexity index is 1720. The molecule has 1 amide bonds. The van der Waals surface area contributed by atoms with Crippen molar-refractivity contribution in [1.29, 1.82) is 0 Å². The summed E-state index contributed by atoms with van der Waals surface area (Å²) in [6.07, 6.45) is -4.45. The summed E-state index contributed by atoms with van der Waals surface area (Å²) in [5.41, 5.74) is -0.00530. The van der Waals surface area contributed by atoms with Crippen molar-refractivity contribution in [2.45, 2.75) is 24.5 Å². The number of piperazine rings is 1. The summed E-state index contributed by atoms with van der Waals surface area (Å²) in [4.78, 5) is 29.9. The Labute approximate surface area is 222 Å². The van der Waals surface area contributed by atoms with Crippen LogP contribution in [0.1, 0.15) is 11.1 Å². The number of carbonyl (C=O) groups is 1. The Kier molecular flexibility index (Phi) is 6.75. The molecule has 0 atom stereocenters. The zero-order valence-corrected chi connectivity index (χ0v) is 21.7. The van der Waals surface area contributed by atoms with E-state index in [0.29, 0.717) is 29.9 Å². The number of hydrogen-bond donors (Lipinski definition) is 0. The van der Waals surface area contributed by atoms with Gasteiger partial charge in [-0.15, -0.1) is 0 Å². The third-order valence-electron chi connectivity index (χ3n) is 6.79. The molecule has 1 aliphatic heterocycles. The van der Waals surface area contributed by atoms with E-state index in [9.17, 15) is 31.2 Å². The summed E-state index contributed by atoms with van der Waals surface area (Å²) < 4.78 is 68.1. The molecule has 0 spiro atoms. The molecule has 1 aliphatic rings. The number of benzene rings is 3. The normalized spacial score (nSPS) is 14.7. The lowest BCUT2D eigenvalue weighted by molar-refractivity contribution is -0.137. The molecular weight excluding hydrogens is 533 g/mol. The summed E-state index contributed by atoms with van der Waals surface area (Å²) in [6, 6.07) is 17.6. The lowest BCUT2D eigenvalue weighted by Gasteiger charge is -2.36. The minimum absolute atomic E-state index is 0.0375. The summed E-state index contributed by atoms with van der Waals surface area (Å²) in [5.74, 6) is -0.392. The van der Waals surface area contributed by atoms with Gasteiger partial charge >= 0.3 is 11.9 Å². The van der Waals surface area contributed by atoms with Crippen LogP contribution in [-0.2, 0) is 27.5 Å². The second kappa shape index (κ2) is 9.92. The molecule has 0 bridgehead atoms. The van der Waals surface area contributed by atoms with Crippen molar-refractivity contribution in [2.24, 2.45) is 0 Å². The number of nitrogens with zero attached hydrogens (tertiary/aromatic N) is 4. The van der Waals surface area contributed by atoms with Gasteiger partial charge in [-0.2, -0.15) is 17.1 Å². The second-order valence-electron chi connectivity index (χ2n) is 9.36. The lowest BCUT2D eigenvalue weighted by Crippen LogP contribution is -2.50. The lowest BCUT2D eigenvalue weighted by atomic mass is 10.1. The highest BCUT2D eigenvalue weighted by Gasteiger charge is 2.32. The molecule has 4 aromatic rings. The maximum absolute atomic E-state index is 13.5. The molecule has 0 unspecified atom stereocenters. The number of halogens is 3. The summed E-state index contributed by atoms with van der Waals surface area (Å²) >= 11 is 0. The SMILES string of the molecule is Cc1cccc(S(=O)(=O)n2c(=O)n(CC(=O)N3CCN(c4cccc(C(F)(F)F)c4)CC3)c3ccccc32)c1. The van der Waals surface area contributed by atoms with Crippen LogP contribution in [0.4, 0.5) is 18.9 Å². The fraction of sp³-hybridized carbons (Fsp3) is 0.259. The van der Waals surface area contributed by atoms with Crippen molar-refractivity contribution in [3.63, 3.8) is 0 Å². The smallest absolute Gasteiger partial charge is 0.368 e. The molecule has 0 radical (unpaired) electrons. The first-order valence-corrected chi connectivity index (χ1v) is 13.6.